The lowest BCUT2D eigenvalue weighted by Gasteiger charge is -2.17. The van der Waals surface area contributed by atoms with Gasteiger partial charge in [-0.3, -0.25) is 9.78 Å². The van der Waals surface area contributed by atoms with Crippen molar-refractivity contribution in [1.82, 2.24) is 15.0 Å². The number of aromatic nitrogens is 3. The van der Waals surface area contributed by atoms with Gasteiger partial charge in [0.05, 0.1) is 18.2 Å². The fourth-order valence-electron chi connectivity index (χ4n) is 3.37. The Kier molecular flexibility index (Phi) is 3.25. The Morgan fingerprint density at radius 1 is 1.17 bits per heavy atom. The summed E-state index contributed by atoms with van der Waals surface area (Å²) in [6.07, 6.45) is 1.77. The first kappa shape index (κ1) is 14.1. The maximum absolute atomic E-state index is 11.7. The van der Waals surface area contributed by atoms with Crippen molar-refractivity contribution in [1.29, 1.82) is 0 Å². The molecule has 2 aliphatic rings. The van der Waals surface area contributed by atoms with E-state index in [-0.39, 0.29) is 17.8 Å². The van der Waals surface area contributed by atoms with Gasteiger partial charge >= 0.3 is 5.97 Å². The minimum absolute atomic E-state index is 0.0370. The van der Waals surface area contributed by atoms with E-state index in [4.69, 9.17) is 9.72 Å². The lowest BCUT2D eigenvalue weighted by Crippen LogP contribution is -2.25. The monoisotopic (exact) mass is 310 g/mol. The Hall–Kier alpha value is -2.50. The number of nitrogens with zero attached hydrogens (tertiary/aromatic N) is 4. The van der Waals surface area contributed by atoms with Gasteiger partial charge in [-0.1, -0.05) is 0 Å². The number of hydrogen-bond donors (Lipinski definition) is 0. The van der Waals surface area contributed by atoms with E-state index in [0.717, 1.165) is 29.2 Å². The van der Waals surface area contributed by atoms with Crippen LogP contribution in [0, 0.1) is 25.7 Å². The second-order valence-electron chi connectivity index (χ2n) is 6.23. The molecule has 0 aliphatic carbocycles. The highest BCUT2D eigenvalue weighted by molar-refractivity contribution is 5.76. The van der Waals surface area contributed by atoms with Gasteiger partial charge in [-0.25, -0.2) is 9.97 Å². The largest absolute Gasteiger partial charge is 0.465 e. The van der Waals surface area contributed by atoms with Crippen LogP contribution in [0.4, 0.5) is 5.95 Å². The number of pyridine rings is 1. The standard InChI is InChI=1S/C17H18N4O2/c1-10-3-4-13(11(2)19-10)15-5-6-18-17(20-15)21-7-12-9-23-16(22)14(12)8-21/h3-6,12,14H,7-9H2,1-2H3/t12-,14-/m1/s1. The first-order chi connectivity index (χ1) is 11.1. The first-order valence-corrected chi connectivity index (χ1v) is 7.81. The fraction of sp³-hybridized carbons (Fsp3) is 0.412. The average Bonchev–Trinajstić information content (AvgIpc) is 3.10. The highest BCUT2D eigenvalue weighted by Gasteiger charge is 2.44. The molecule has 4 rings (SSSR count). The number of ether oxygens (including phenoxy) is 1. The summed E-state index contributed by atoms with van der Waals surface area (Å²) in [6.45, 7) is 5.88. The normalized spacial score (nSPS) is 23.0. The van der Waals surface area contributed by atoms with Crippen LogP contribution in [0.25, 0.3) is 11.3 Å². The zero-order valence-corrected chi connectivity index (χ0v) is 13.2. The van der Waals surface area contributed by atoms with Crippen LogP contribution in [0.1, 0.15) is 11.4 Å². The molecule has 0 N–H and O–H groups in total. The molecule has 2 fully saturated rings. The van der Waals surface area contributed by atoms with Gasteiger partial charge in [-0.05, 0) is 32.0 Å². The summed E-state index contributed by atoms with van der Waals surface area (Å²) in [5, 5.41) is 0. The average molecular weight is 310 g/mol. The molecule has 2 aliphatic heterocycles. The van der Waals surface area contributed by atoms with E-state index in [1.165, 1.54) is 0 Å². The van der Waals surface area contributed by atoms with Crippen molar-refractivity contribution in [3.63, 3.8) is 0 Å². The van der Waals surface area contributed by atoms with Crippen LogP contribution >= 0.6 is 0 Å². The molecule has 118 valence electrons. The number of anilines is 1. The van der Waals surface area contributed by atoms with Crippen molar-refractivity contribution in [2.45, 2.75) is 13.8 Å². The van der Waals surface area contributed by atoms with Crippen LogP contribution in [0.15, 0.2) is 24.4 Å². The summed E-state index contributed by atoms with van der Waals surface area (Å²) in [4.78, 5) is 27.4. The third kappa shape index (κ3) is 2.44. The number of hydrogen-bond acceptors (Lipinski definition) is 6. The van der Waals surface area contributed by atoms with Crippen molar-refractivity contribution in [2.75, 3.05) is 24.6 Å². The highest BCUT2D eigenvalue weighted by Crippen LogP contribution is 2.32. The van der Waals surface area contributed by atoms with E-state index in [1.54, 1.807) is 6.20 Å². The molecule has 0 unspecified atom stereocenters. The number of carbonyl (C=O) groups is 1. The molecule has 2 aromatic heterocycles. The zero-order chi connectivity index (χ0) is 16.0. The van der Waals surface area contributed by atoms with Gasteiger partial charge in [-0.15, -0.1) is 0 Å². The predicted octanol–water partition coefficient (Wildman–Crippen LogP) is 1.76. The van der Waals surface area contributed by atoms with Gasteiger partial charge in [0.2, 0.25) is 5.95 Å². The van der Waals surface area contributed by atoms with Crippen LogP contribution in [-0.2, 0) is 9.53 Å². The summed E-state index contributed by atoms with van der Waals surface area (Å²) >= 11 is 0. The minimum Gasteiger partial charge on any atom is -0.465 e. The molecule has 23 heavy (non-hydrogen) atoms. The lowest BCUT2D eigenvalue weighted by atomic mass is 10.0. The second kappa shape index (κ2) is 5.30. The van der Waals surface area contributed by atoms with E-state index in [2.05, 4.69) is 14.9 Å². The Bertz CT molecular complexity index is 777. The molecule has 0 amide bonds. The molecule has 0 spiro atoms. The van der Waals surface area contributed by atoms with E-state index in [9.17, 15) is 4.79 Å². The third-order valence-corrected chi connectivity index (χ3v) is 4.61. The molecule has 2 atom stereocenters. The number of esters is 1. The second-order valence-corrected chi connectivity index (χ2v) is 6.23. The summed E-state index contributed by atoms with van der Waals surface area (Å²) in [5.74, 6) is 0.805. The smallest absolute Gasteiger partial charge is 0.311 e. The summed E-state index contributed by atoms with van der Waals surface area (Å²) in [5.41, 5.74) is 3.82. The topological polar surface area (TPSA) is 68.2 Å². The molecule has 4 heterocycles. The zero-order valence-electron chi connectivity index (χ0n) is 13.2. The number of fused-ring (bicyclic) bond motifs is 1. The number of carbonyl (C=O) groups excluding carboxylic acids is 1. The minimum atomic E-state index is -0.0905. The van der Waals surface area contributed by atoms with Gasteiger partial charge in [-0.2, -0.15) is 0 Å². The number of cyclic esters (lactones) is 1. The van der Waals surface area contributed by atoms with Gasteiger partial charge in [0, 0.05) is 42.2 Å². The van der Waals surface area contributed by atoms with Crippen LogP contribution in [-0.4, -0.2) is 40.6 Å². The van der Waals surface area contributed by atoms with E-state index < -0.39 is 0 Å². The molecule has 2 aromatic rings. The van der Waals surface area contributed by atoms with Crippen molar-refractivity contribution in [2.24, 2.45) is 11.8 Å². The van der Waals surface area contributed by atoms with Gasteiger partial charge < -0.3 is 9.64 Å². The van der Waals surface area contributed by atoms with Crippen LogP contribution < -0.4 is 4.90 Å². The molecular formula is C17H18N4O2. The van der Waals surface area contributed by atoms with Crippen molar-refractivity contribution in [3.8, 4) is 11.3 Å². The summed E-state index contributed by atoms with van der Waals surface area (Å²) in [7, 11) is 0. The summed E-state index contributed by atoms with van der Waals surface area (Å²) in [6, 6.07) is 5.92. The molecule has 6 nitrogen and oxygen atoms in total. The van der Waals surface area contributed by atoms with E-state index >= 15 is 0 Å². The molecular weight excluding hydrogens is 292 g/mol. The quantitative estimate of drug-likeness (QED) is 0.787. The van der Waals surface area contributed by atoms with Gasteiger partial charge in [0.25, 0.3) is 0 Å². The van der Waals surface area contributed by atoms with Crippen LogP contribution in [0.3, 0.4) is 0 Å². The lowest BCUT2D eigenvalue weighted by molar-refractivity contribution is -0.140. The van der Waals surface area contributed by atoms with Crippen molar-refractivity contribution < 1.29 is 9.53 Å². The molecule has 6 heteroatoms. The maximum Gasteiger partial charge on any atom is 0.311 e. The molecule has 0 radical (unpaired) electrons. The SMILES string of the molecule is Cc1ccc(-c2ccnc(N3C[C@@H]4COC(=O)[C@@H]4C3)n2)c(C)n1. The summed E-state index contributed by atoms with van der Waals surface area (Å²) < 4.78 is 5.11. The Morgan fingerprint density at radius 3 is 2.83 bits per heavy atom. The molecule has 0 saturated carbocycles. The fourth-order valence-corrected chi connectivity index (χ4v) is 3.37. The Labute approximate surface area is 134 Å². The number of aryl methyl sites for hydroxylation is 2. The Morgan fingerprint density at radius 2 is 2.04 bits per heavy atom. The van der Waals surface area contributed by atoms with E-state index in [1.807, 2.05) is 32.0 Å². The molecule has 2 saturated heterocycles. The van der Waals surface area contributed by atoms with Gasteiger partial charge in [0.15, 0.2) is 0 Å². The predicted molar refractivity (Wildman–Crippen MR) is 84.9 cm³/mol. The third-order valence-electron chi connectivity index (χ3n) is 4.61. The molecule has 0 bridgehead atoms. The van der Waals surface area contributed by atoms with Gasteiger partial charge in [0.1, 0.15) is 0 Å². The number of rotatable bonds is 2. The first-order valence-electron chi connectivity index (χ1n) is 7.81. The highest BCUT2D eigenvalue weighted by atomic mass is 16.5. The van der Waals surface area contributed by atoms with Crippen molar-refractivity contribution in [3.05, 3.63) is 35.8 Å². The van der Waals surface area contributed by atoms with E-state index in [0.29, 0.717) is 19.1 Å². The Balaban J connectivity index is 1.63. The maximum atomic E-state index is 11.7. The van der Waals surface area contributed by atoms with Crippen molar-refractivity contribution >= 4 is 11.9 Å². The molecule has 0 aromatic carbocycles. The van der Waals surface area contributed by atoms with Crippen LogP contribution in [0.5, 0.6) is 0 Å². The van der Waals surface area contributed by atoms with Crippen LogP contribution in [0.2, 0.25) is 0 Å².